The number of anilines is 1. The monoisotopic (exact) mass is 288 g/mol. The Morgan fingerprint density at radius 1 is 1.33 bits per heavy atom. The summed E-state index contributed by atoms with van der Waals surface area (Å²) in [5.41, 5.74) is 1.94. The average molecular weight is 288 g/mol. The summed E-state index contributed by atoms with van der Waals surface area (Å²) < 4.78 is 10.7. The van der Waals surface area contributed by atoms with Gasteiger partial charge in [-0.3, -0.25) is 4.98 Å². The predicted molar refractivity (Wildman–Crippen MR) is 83.0 cm³/mol. The molecule has 0 unspecified atom stereocenters. The number of ether oxygens (including phenoxy) is 2. The first-order valence-electron chi connectivity index (χ1n) is 7.11. The average Bonchev–Trinajstić information content (AvgIpc) is 2.51. The Balaban J connectivity index is 2.50. The van der Waals surface area contributed by atoms with Gasteiger partial charge in [0.1, 0.15) is 11.3 Å². The lowest BCUT2D eigenvalue weighted by Gasteiger charge is -2.12. The summed E-state index contributed by atoms with van der Waals surface area (Å²) in [6, 6.07) is 5.66. The molecule has 1 heterocycles. The van der Waals surface area contributed by atoms with E-state index in [2.05, 4.69) is 17.2 Å². The highest BCUT2D eigenvalue weighted by atomic mass is 16.5. The van der Waals surface area contributed by atoms with Crippen LogP contribution in [0.25, 0.3) is 10.9 Å². The topological polar surface area (TPSA) is 60.5 Å². The molecule has 0 spiro atoms. The molecule has 2 rings (SSSR count). The number of esters is 1. The number of carbonyl (C=O) groups is 1. The van der Waals surface area contributed by atoms with E-state index in [0.29, 0.717) is 24.5 Å². The lowest BCUT2D eigenvalue weighted by atomic mass is 10.1. The van der Waals surface area contributed by atoms with Crippen LogP contribution in [-0.4, -0.2) is 31.2 Å². The molecular weight excluding hydrogens is 268 g/mol. The van der Waals surface area contributed by atoms with Gasteiger partial charge in [-0.1, -0.05) is 6.92 Å². The maximum Gasteiger partial charge on any atom is 0.341 e. The molecule has 0 atom stereocenters. The van der Waals surface area contributed by atoms with E-state index in [1.54, 1.807) is 20.2 Å². The molecule has 1 aromatic carbocycles. The van der Waals surface area contributed by atoms with Crippen molar-refractivity contribution >= 4 is 22.6 Å². The van der Waals surface area contributed by atoms with Gasteiger partial charge < -0.3 is 14.8 Å². The van der Waals surface area contributed by atoms with Gasteiger partial charge in [0, 0.05) is 18.6 Å². The highest BCUT2D eigenvalue weighted by Crippen LogP contribution is 2.29. The molecule has 0 saturated carbocycles. The van der Waals surface area contributed by atoms with Crippen molar-refractivity contribution in [3.05, 3.63) is 30.0 Å². The zero-order valence-electron chi connectivity index (χ0n) is 12.6. The Bertz CT molecular complexity index is 641. The second-order valence-corrected chi connectivity index (χ2v) is 4.54. The summed E-state index contributed by atoms with van der Waals surface area (Å²) >= 11 is 0. The zero-order chi connectivity index (χ0) is 15.2. The van der Waals surface area contributed by atoms with E-state index in [-0.39, 0.29) is 5.97 Å². The number of fused-ring (bicyclic) bond motifs is 1. The fourth-order valence-electron chi connectivity index (χ4n) is 2.11. The molecule has 0 bridgehead atoms. The van der Waals surface area contributed by atoms with Crippen LogP contribution >= 0.6 is 0 Å². The van der Waals surface area contributed by atoms with Gasteiger partial charge in [-0.05, 0) is 31.5 Å². The van der Waals surface area contributed by atoms with Gasteiger partial charge in [-0.25, -0.2) is 4.79 Å². The molecule has 0 aliphatic heterocycles. The Labute approximate surface area is 124 Å². The van der Waals surface area contributed by atoms with Crippen LogP contribution in [0.3, 0.4) is 0 Å². The van der Waals surface area contributed by atoms with Gasteiger partial charge in [0.25, 0.3) is 0 Å². The Kier molecular flexibility index (Phi) is 4.98. The summed E-state index contributed by atoms with van der Waals surface area (Å²) in [5, 5.41) is 3.91. The quantitative estimate of drug-likeness (QED) is 0.827. The Morgan fingerprint density at radius 2 is 2.14 bits per heavy atom. The van der Waals surface area contributed by atoms with Crippen molar-refractivity contribution in [3.63, 3.8) is 0 Å². The van der Waals surface area contributed by atoms with Crippen LogP contribution in [-0.2, 0) is 4.74 Å². The molecule has 0 saturated heterocycles. The number of pyridine rings is 1. The molecule has 2 aromatic rings. The van der Waals surface area contributed by atoms with Crippen LogP contribution in [0, 0.1) is 0 Å². The fourth-order valence-corrected chi connectivity index (χ4v) is 2.11. The van der Waals surface area contributed by atoms with Gasteiger partial charge in [-0.2, -0.15) is 0 Å². The van der Waals surface area contributed by atoms with Crippen molar-refractivity contribution in [1.82, 2.24) is 4.98 Å². The van der Waals surface area contributed by atoms with Crippen molar-refractivity contribution in [2.45, 2.75) is 20.3 Å². The lowest BCUT2D eigenvalue weighted by molar-refractivity contribution is 0.0527. The molecule has 5 nitrogen and oxygen atoms in total. The molecule has 0 aliphatic rings. The van der Waals surface area contributed by atoms with E-state index in [0.717, 1.165) is 23.1 Å². The number of aromatic nitrogens is 1. The summed E-state index contributed by atoms with van der Waals surface area (Å²) in [5.74, 6) is 0.389. The van der Waals surface area contributed by atoms with Crippen molar-refractivity contribution in [2.75, 3.05) is 25.6 Å². The van der Waals surface area contributed by atoms with Gasteiger partial charge in [0.05, 0.1) is 24.4 Å². The van der Waals surface area contributed by atoms with Gasteiger partial charge in [0.15, 0.2) is 0 Å². The highest BCUT2D eigenvalue weighted by Gasteiger charge is 2.16. The van der Waals surface area contributed by atoms with Crippen molar-refractivity contribution in [2.24, 2.45) is 0 Å². The van der Waals surface area contributed by atoms with Gasteiger partial charge in [-0.15, -0.1) is 0 Å². The highest BCUT2D eigenvalue weighted by molar-refractivity contribution is 6.05. The second-order valence-electron chi connectivity index (χ2n) is 4.54. The first-order chi connectivity index (χ1) is 10.2. The fraction of sp³-hybridized carbons (Fsp3) is 0.375. The lowest BCUT2D eigenvalue weighted by Crippen LogP contribution is -2.09. The molecule has 21 heavy (non-hydrogen) atoms. The maximum absolute atomic E-state index is 12.0. The van der Waals surface area contributed by atoms with Crippen molar-refractivity contribution in [3.8, 4) is 5.75 Å². The summed E-state index contributed by atoms with van der Waals surface area (Å²) in [6.07, 6.45) is 2.48. The third-order valence-corrected chi connectivity index (χ3v) is 3.06. The third kappa shape index (κ3) is 3.24. The molecule has 0 aliphatic carbocycles. The number of nitrogens with one attached hydrogen (secondary N) is 1. The zero-order valence-corrected chi connectivity index (χ0v) is 12.6. The van der Waals surface area contributed by atoms with E-state index in [9.17, 15) is 4.79 Å². The van der Waals surface area contributed by atoms with Crippen molar-refractivity contribution < 1.29 is 14.3 Å². The predicted octanol–water partition coefficient (Wildman–Crippen LogP) is 3.24. The Morgan fingerprint density at radius 3 is 2.81 bits per heavy atom. The molecule has 1 N–H and O–H groups in total. The van der Waals surface area contributed by atoms with Crippen LogP contribution in [0.15, 0.2) is 24.4 Å². The third-order valence-electron chi connectivity index (χ3n) is 3.06. The molecular formula is C16H20N2O3. The number of nitrogens with zero attached hydrogens (tertiary/aromatic N) is 1. The van der Waals surface area contributed by atoms with Gasteiger partial charge in [0.2, 0.25) is 0 Å². The van der Waals surface area contributed by atoms with Crippen LogP contribution in [0.2, 0.25) is 0 Å². The first kappa shape index (κ1) is 15.1. The molecule has 0 fully saturated rings. The number of hydrogen-bond donors (Lipinski definition) is 1. The van der Waals surface area contributed by atoms with E-state index in [1.807, 2.05) is 18.2 Å². The maximum atomic E-state index is 12.0. The number of rotatable bonds is 6. The first-order valence-corrected chi connectivity index (χ1v) is 7.11. The number of hydrogen-bond acceptors (Lipinski definition) is 5. The SMILES string of the molecule is CCCOc1ccc2ncc(C(=O)OCC)c(NC)c2c1. The minimum absolute atomic E-state index is 0.333. The van der Waals surface area contributed by atoms with Crippen LogP contribution in [0.5, 0.6) is 5.75 Å². The van der Waals surface area contributed by atoms with Crippen LogP contribution < -0.4 is 10.1 Å². The largest absolute Gasteiger partial charge is 0.494 e. The minimum Gasteiger partial charge on any atom is -0.494 e. The van der Waals surface area contributed by atoms with E-state index in [1.165, 1.54) is 0 Å². The van der Waals surface area contributed by atoms with Crippen LogP contribution in [0.1, 0.15) is 30.6 Å². The molecule has 112 valence electrons. The minimum atomic E-state index is -0.379. The Hall–Kier alpha value is -2.30. The molecule has 0 radical (unpaired) electrons. The number of carbonyl (C=O) groups excluding carboxylic acids is 1. The van der Waals surface area contributed by atoms with E-state index < -0.39 is 0 Å². The normalized spacial score (nSPS) is 10.4. The second kappa shape index (κ2) is 6.92. The van der Waals surface area contributed by atoms with Crippen LogP contribution in [0.4, 0.5) is 5.69 Å². The van der Waals surface area contributed by atoms with E-state index >= 15 is 0 Å². The summed E-state index contributed by atoms with van der Waals surface area (Å²) in [4.78, 5) is 16.3. The molecule has 1 aromatic heterocycles. The molecule has 5 heteroatoms. The number of benzene rings is 1. The smallest absolute Gasteiger partial charge is 0.341 e. The standard InChI is InChI=1S/C16H20N2O3/c1-4-8-21-11-6-7-14-12(9-11)15(17-3)13(10-18-14)16(19)20-5-2/h6-7,9-10H,4-5,8H2,1-3H3,(H,17,18). The van der Waals surface area contributed by atoms with Crippen molar-refractivity contribution in [1.29, 1.82) is 0 Å². The van der Waals surface area contributed by atoms with E-state index in [4.69, 9.17) is 9.47 Å². The summed E-state index contributed by atoms with van der Waals surface area (Å²) in [6.45, 7) is 4.83. The van der Waals surface area contributed by atoms with Gasteiger partial charge >= 0.3 is 5.97 Å². The molecule has 0 amide bonds. The summed E-state index contributed by atoms with van der Waals surface area (Å²) in [7, 11) is 1.77.